The van der Waals surface area contributed by atoms with Gasteiger partial charge in [-0.15, -0.1) is 11.3 Å². The van der Waals surface area contributed by atoms with E-state index in [0.717, 1.165) is 21.8 Å². The third-order valence-corrected chi connectivity index (χ3v) is 5.54. The zero-order valence-corrected chi connectivity index (χ0v) is 15.6. The van der Waals surface area contributed by atoms with E-state index in [-0.39, 0.29) is 18.1 Å². The van der Waals surface area contributed by atoms with Gasteiger partial charge in [-0.25, -0.2) is 4.98 Å². The first-order valence-electron chi connectivity index (χ1n) is 8.12. The molecule has 1 aliphatic heterocycles. The van der Waals surface area contributed by atoms with Gasteiger partial charge in [0.15, 0.2) is 0 Å². The van der Waals surface area contributed by atoms with Crippen molar-refractivity contribution in [1.29, 1.82) is 5.41 Å². The SMILES string of the molecule is Cc1sc(C2=C(O)CN(c3ccc(Cl)cc3)C2=N)nc1-c1ccccc1. The Labute approximate surface area is 160 Å². The molecule has 0 radical (unpaired) electrons. The van der Waals surface area contributed by atoms with Gasteiger partial charge in [-0.3, -0.25) is 5.41 Å². The first-order valence-corrected chi connectivity index (χ1v) is 9.31. The van der Waals surface area contributed by atoms with Crippen LogP contribution in [0, 0.1) is 12.3 Å². The third kappa shape index (κ3) is 2.89. The fourth-order valence-electron chi connectivity index (χ4n) is 3.01. The van der Waals surface area contributed by atoms with Crippen LogP contribution in [0.5, 0.6) is 0 Å². The molecule has 0 amide bonds. The lowest BCUT2D eigenvalue weighted by Gasteiger charge is -2.18. The summed E-state index contributed by atoms with van der Waals surface area (Å²) in [6, 6.07) is 17.2. The van der Waals surface area contributed by atoms with Crippen molar-refractivity contribution in [2.24, 2.45) is 0 Å². The molecule has 0 unspecified atom stereocenters. The Bertz CT molecular complexity index is 1010. The van der Waals surface area contributed by atoms with E-state index in [1.54, 1.807) is 17.0 Å². The maximum atomic E-state index is 10.5. The topological polar surface area (TPSA) is 60.2 Å². The Morgan fingerprint density at radius 3 is 2.50 bits per heavy atom. The maximum Gasteiger partial charge on any atom is 0.139 e. The summed E-state index contributed by atoms with van der Waals surface area (Å²) in [5, 5.41) is 20.4. The van der Waals surface area contributed by atoms with Gasteiger partial charge in [-0.1, -0.05) is 41.9 Å². The molecule has 2 heterocycles. The molecule has 6 heteroatoms. The molecular weight excluding hydrogens is 366 g/mol. The van der Waals surface area contributed by atoms with Crippen molar-refractivity contribution in [2.75, 3.05) is 11.4 Å². The summed E-state index contributed by atoms with van der Waals surface area (Å²) in [5.74, 6) is 0.413. The molecule has 0 saturated heterocycles. The highest BCUT2D eigenvalue weighted by atomic mass is 35.5. The average molecular weight is 382 g/mol. The van der Waals surface area contributed by atoms with Crippen molar-refractivity contribution in [3.05, 3.63) is 75.3 Å². The summed E-state index contributed by atoms with van der Waals surface area (Å²) in [7, 11) is 0. The van der Waals surface area contributed by atoms with Gasteiger partial charge >= 0.3 is 0 Å². The van der Waals surface area contributed by atoms with Gasteiger partial charge in [0, 0.05) is 21.2 Å². The summed E-state index contributed by atoms with van der Waals surface area (Å²) in [4.78, 5) is 7.53. The van der Waals surface area contributed by atoms with Crippen LogP contribution in [-0.2, 0) is 0 Å². The summed E-state index contributed by atoms with van der Waals surface area (Å²) in [5.41, 5.74) is 3.24. The molecule has 0 atom stereocenters. The summed E-state index contributed by atoms with van der Waals surface area (Å²) in [6.07, 6.45) is 0. The number of nitrogens with zero attached hydrogens (tertiary/aromatic N) is 2. The zero-order valence-electron chi connectivity index (χ0n) is 14.0. The number of benzene rings is 2. The van der Waals surface area contributed by atoms with Crippen LogP contribution < -0.4 is 4.90 Å². The number of amidine groups is 1. The standard InChI is InChI=1S/C20H16ClN3OS/c1-12-18(13-5-3-2-4-6-13)23-20(26-12)17-16(25)11-24(19(17)22)15-9-7-14(21)8-10-15/h2-10,22,25H,11H2,1H3. The lowest BCUT2D eigenvalue weighted by Crippen LogP contribution is -2.25. The number of anilines is 1. The number of aryl methyl sites for hydroxylation is 1. The van der Waals surface area contributed by atoms with Crippen molar-refractivity contribution in [3.63, 3.8) is 0 Å². The van der Waals surface area contributed by atoms with Gasteiger partial charge in [0.05, 0.1) is 17.8 Å². The summed E-state index contributed by atoms with van der Waals surface area (Å²) in [6.45, 7) is 2.27. The molecule has 0 spiro atoms. The van der Waals surface area contributed by atoms with E-state index in [4.69, 9.17) is 22.0 Å². The van der Waals surface area contributed by atoms with Crippen LogP contribution in [0.2, 0.25) is 5.02 Å². The number of hydrogen-bond donors (Lipinski definition) is 2. The van der Waals surface area contributed by atoms with Gasteiger partial charge < -0.3 is 10.0 Å². The minimum absolute atomic E-state index is 0.165. The van der Waals surface area contributed by atoms with Crippen molar-refractivity contribution in [3.8, 4) is 11.3 Å². The number of rotatable bonds is 3. The molecule has 4 nitrogen and oxygen atoms in total. The Balaban J connectivity index is 1.69. The smallest absolute Gasteiger partial charge is 0.139 e. The predicted octanol–water partition coefficient (Wildman–Crippen LogP) is 5.54. The summed E-state index contributed by atoms with van der Waals surface area (Å²) < 4.78 is 0. The lowest BCUT2D eigenvalue weighted by molar-refractivity contribution is 0.411. The van der Waals surface area contributed by atoms with E-state index in [1.807, 2.05) is 49.4 Å². The van der Waals surface area contributed by atoms with Gasteiger partial charge in [0.25, 0.3) is 0 Å². The quantitative estimate of drug-likeness (QED) is 0.626. The molecule has 0 fully saturated rings. The minimum atomic E-state index is 0.165. The van der Waals surface area contributed by atoms with Crippen LogP contribution >= 0.6 is 22.9 Å². The van der Waals surface area contributed by atoms with Crippen molar-refractivity contribution in [2.45, 2.75) is 6.92 Å². The highest BCUT2D eigenvalue weighted by Crippen LogP contribution is 2.36. The Morgan fingerprint density at radius 2 is 1.81 bits per heavy atom. The normalized spacial score (nSPS) is 14.4. The maximum absolute atomic E-state index is 10.5. The number of thiazole rings is 1. The molecule has 3 aromatic rings. The van der Waals surface area contributed by atoms with E-state index in [9.17, 15) is 5.11 Å². The van der Waals surface area contributed by atoms with Crippen LogP contribution in [0.4, 0.5) is 5.69 Å². The molecule has 130 valence electrons. The van der Waals surface area contributed by atoms with E-state index in [2.05, 4.69) is 0 Å². The van der Waals surface area contributed by atoms with Crippen molar-refractivity contribution < 1.29 is 5.11 Å². The van der Waals surface area contributed by atoms with Gasteiger partial charge in [0.1, 0.15) is 16.6 Å². The van der Waals surface area contributed by atoms with Crippen LogP contribution in [0.1, 0.15) is 9.88 Å². The van der Waals surface area contributed by atoms with E-state index < -0.39 is 0 Å². The van der Waals surface area contributed by atoms with Crippen LogP contribution in [0.3, 0.4) is 0 Å². The summed E-state index contributed by atoms with van der Waals surface area (Å²) >= 11 is 7.44. The molecule has 4 rings (SSSR count). The monoisotopic (exact) mass is 381 g/mol. The van der Waals surface area contributed by atoms with Crippen LogP contribution in [0.25, 0.3) is 16.8 Å². The largest absolute Gasteiger partial charge is 0.510 e. The van der Waals surface area contributed by atoms with Crippen molar-refractivity contribution in [1.82, 2.24) is 4.98 Å². The fourth-order valence-corrected chi connectivity index (χ4v) is 4.14. The Kier molecular flexibility index (Phi) is 4.26. The van der Waals surface area contributed by atoms with E-state index >= 15 is 0 Å². The van der Waals surface area contributed by atoms with Crippen LogP contribution in [-0.4, -0.2) is 22.5 Å². The highest BCUT2D eigenvalue weighted by molar-refractivity contribution is 7.13. The molecule has 2 aromatic carbocycles. The number of hydrogen-bond acceptors (Lipinski definition) is 4. The van der Waals surface area contributed by atoms with E-state index in [1.165, 1.54) is 11.3 Å². The van der Waals surface area contributed by atoms with Gasteiger partial charge in [-0.05, 0) is 31.2 Å². The number of nitrogens with one attached hydrogen (secondary N) is 1. The highest BCUT2D eigenvalue weighted by Gasteiger charge is 2.31. The number of halogens is 1. The molecule has 1 aromatic heterocycles. The van der Waals surface area contributed by atoms with Crippen LogP contribution in [0.15, 0.2) is 60.4 Å². The first kappa shape index (κ1) is 16.8. The molecular formula is C20H16ClN3OS. The lowest BCUT2D eigenvalue weighted by atomic mass is 10.1. The average Bonchev–Trinajstić information content (AvgIpc) is 3.16. The number of aromatic nitrogens is 1. The third-order valence-electron chi connectivity index (χ3n) is 4.30. The second kappa shape index (κ2) is 6.59. The predicted molar refractivity (Wildman–Crippen MR) is 108 cm³/mol. The van der Waals surface area contributed by atoms with Gasteiger partial charge in [-0.2, -0.15) is 0 Å². The molecule has 1 aliphatic rings. The Hall–Kier alpha value is -2.63. The molecule has 2 N–H and O–H groups in total. The first-order chi connectivity index (χ1) is 12.5. The Morgan fingerprint density at radius 1 is 1.12 bits per heavy atom. The minimum Gasteiger partial charge on any atom is -0.510 e. The molecule has 0 bridgehead atoms. The molecule has 0 saturated carbocycles. The fraction of sp³-hybridized carbons (Fsp3) is 0.100. The van der Waals surface area contributed by atoms with E-state index in [0.29, 0.717) is 15.6 Å². The second-order valence-corrected chi connectivity index (χ2v) is 7.66. The van der Waals surface area contributed by atoms with Gasteiger partial charge in [0.2, 0.25) is 0 Å². The number of aliphatic hydroxyl groups is 1. The zero-order chi connectivity index (χ0) is 18.3. The molecule has 26 heavy (non-hydrogen) atoms. The number of aliphatic hydroxyl groups excluding tert-OH is 1. The van der Waals surface area contributed by atoms with Crippen molar-refractivity contribution >= 4 is 40.0 Å². The molecule has 0 aliphatic carbocycles. The second-order valence-electron chi connectivity index (χ2n) is 6.02.